The lowest BCUT2D eigenvalue weighted by Crippen LogP contribution is -2.39. The fourth-order valence-electron chi connectivity index (χ4n) is 3.65. The third kappa shape index (κ3) is 5.43. The summed E-state index contributed by atoms with van der Waals surface area (Å²) in [6.45, 7) is 1.49. The summed E-state index contributed by atoms with van der Waals surface area (Å²) in [5, 5.41) is 2.70. The smallest absolute Gasteiger partial charge is 0.493 e. The van der Waals surface area contributed by atoms with E-state index < -0.39 is 6.36 Å². The molecule has 0 saturated carbocycles. The summed E-state index contributed by atoms with van der Waals surface area (Å²) in [6.07, 6.45) is -3.24. The van der Waals surface area contributed by atoms with E-state index in [1.165, 1.54) is 24.3 Å². The second-order valence-electron chi connectivity index (χ2n) is 7.61. The van der Waals surface area contributed by atoms with Crippen molar-refractivity contribution in [3.63, 3.8) is 0 Å². The lowest BCUT2D eigenvalue weighted by molar-refractivity contribution is -0.274. The average molecular weight is 450 g/mol. The second kappa shape index (κ2) is 8.97. The highest BCUT2D eigenvalue weighted by Crippen LogP contribution is 2.30. The Morgan fingerprint density at radius 2 is 1.78 bits per heavy atom. The van der Waals surface area contributed by atoms with Gasteiger partial charge in [-0.05, 0) is 61.2 Å². The number of carbonyl (C=O) groups is 2. The van der Waals surface area contributed by atoms with Crippen molar-refractivity contribution in [2.75, 3.05) is 31.6 Å². The van der Waals surface area contributed by atoms with Gasteiger partial charge < -0.3 is 24.4 Å². The van der Waals surface area contributed by atoms with Crippen LogP contribution in [0.2, 0.25) is 0 Å². The number of anilines is 1. The minimum absolute atomic E-state index is 0.0403. The highest BCUT2D eigenvalue weighted by atomic mass is 19.4. The molecule has 0 unspecified atom stereocenters. The number of fused-ring (bicyclic) bond motifs is 1. The zero-order valence-corrected chi connectivity index (χ0v) is 17.0. The number of halogens is 3. The highest BCUT2D eigenvalue weighted by molar-refractivity contribution is 5.99. The second-order valence-corrected chi connectivity index (χ2v) is 7.61. The molecule has 1 N–H and O–H groups in total. The van der Waals surface area contributed by atoms with Crippen molar-refractivity contribution in [1.29, 1.82) is 0 Å². The Bertz CT molecular complexity index is 986. The maximum atomic E-state index is 12.8. The van der Waals surface area contributed by atoms with Crippen LogP contribution in [0, 0.1) is 5.92 Å². The summed E-state index contributed by atoms with van der Waals surface area (Å²) in [7, 11) is 0. The first-order valence-corrected chi connectivity index (χ1v) is 10.1. The molecule has 2 aromatic carbocycles. The topological polar surface area (TPSA) is 77.1 Å². The van der Waals surface area contributed by atoms with E-state index in [1.807, 2.05) is 0 Å². The lowest BCUT2D eigenvalue weighted by atomic mass is 9.97. The van der Waals surface area contributed by atoms with Crippen LogP contribution in [-0.4, -0.2) is 49.4 Å². The van der Waals surface area contributed by atoms with Crippen molar-refractivity contribution < 1.29 is 37.0 Å². The predicted molar refractivity (Wildman–Crippen MR) is 108 cm³/mol. The van der Waals surface area contributed by atoms with Crippen LogP contribution in [-0.2, 0) is 4.79 Å². The predicted octanol–water partition coefficient (Wildman–Crippen LogP) is 3.85. The number of benzene rings is 2. The van der Waals surface area contributed by atoms with Gasteiger partial charge in [0.2, 0.25) is 0 Å². The molecule has 2 aliphatic rings. The third-order valence-corrected chi connectivity index (χ3v) is 5.30. The standard InChI is InChI=1S/C22H21F3N2O5/c23-22(24,25)32-17-4-2-16(3-5-17)30-12-14-7-9-27(10-8-14)21(29)15-1-6-19-18(11-15)26-20(28)13-31-19/h1-6,11,14H,7-10,12-13H2,(H,26,28). The van der Waals surface area contributed by atoms with E-state index in [2.05, 4.69) is 10.1 Å². The summed E-state index contributed by atoms with van der Waals surface area (Å²) in [6, 6.07) is 10.2. The Morgan fingerprint density at radius 3 is 2.47 bits per heavy atom. The molecule has 1 saturated heterocycles. The van der Waals surface area contributed by atoms with E-state index in [0.29, 0.717) is 42.4 Å². The maximum absolute atomic E-state index is 12.8. The van der Waals surface area contributed by atoms with E-state index in [-0.39, 0.29) is 30.1 Å². The Balaban J connectivity index is 1.26. The van der Waals surface area contributed by atoms with Gasteiger partial charge >= 0.3 is 6.36 Å². The Kier molecular flexibility index (Phi) is 6.11. The van der Waals surface area contributed by atoms with E-state index in [0.717, 1.165) is 12.8 Å². The molecule has 170 valence electrons. The van der Waals surface area contributed by atoms with Crippen LogP contribution in [0.4, 0.5) is 18.9 Å². The van der Waals surface area contributed by atoms with Gasteiger partial charge in [-0.15, -0.1) is 13.2 Å². The molecule has 1 fully saturated rings. The molecular formula is C22H21F3N2O5. The normalized spacial score (nSPS) is 16.6. The number of likely N-dealkylation sites (tertiary alicyclic amines) is 1. The summed E-state index contributed by atoms with van der Waals surface area (Å²) < 4.78 is 51.5. The Hall–Kier alpha value is -3.43. The first kappa shape index (κ1) is 21.8. The van der Waals surface area contributed by atoms with Crippen LogP contribution >= 0.6 is 0 Å². The lowest BCUT2D eigenvalue weighted by Gasteiger charge is -2.32. The van der Waals surface area contributed by atoms with Crippen LogP contribution in [0.15, 0.2) is 42.5 Å². The number of ether oxygens (including phenoxy) is 3. The van der Waals surface area contributed by atoms with Gasteiger partial charge in [0, 0.05) is 18.7 Å². The molecule has 0 atom stereocenters. The number of amides is 2. The fraction of sp³-hybridized carbons (Fsp3) is 0.364. The number of nitrogens with zero attached hydrogens (tertiary/aromatic N) is 1. The monoisotopic (exact) mass is 450 g/mol. The minimum atomic E-state index is -4.73. The van der Waals surface area contributed by atoms with Gasteiger partial charge in [0.1, 0.15) is 17.2 Å². The number of hydrogen-bond donors (Lipinski definition) is 1. The molecule has 4 rings (SSSR count). The SMILES string of the molecule is O=C1COc2ccc(C(=O)N3CCC(COc4ccc(OC(F)(F)F)cc4)CC3)cc2N1. The third-order valence-electron chi connectivity index (χ3n) is 5.30. The molecule has 0 bridgehead atoms. The number of alkyl halides is 3. The van der Waals surface area contributed by atoms with Gasteiger partial charge in [-0.1, -0.05) is 0 Å². The summed E-state index contributed by atoms with van der Waals surface area (Å²) in [5.41, 5.74) is 0.965. The molecule has 2 amide bonds. The molecule has 2 aliphatic heterocycles. The number of hydrogen-bond acceptors (Lipinski definition) is 5. The molecule has 0 radical (unpaired) electrons. The minimum Gasteiger partial charge on any atom is -0.493 e. The van der Waals surface area contributed by atoms with E-state index in [9.17, 15) is 22.8 Å². The van der Waals surface area contributed by atoms with Crippen molar-refractivity contribution in [2.24, 2.45) is 5.92 Å². The van der Waals surface area contributed by atoms with Crippen LogP contribution in [0.3, 0.4) is 0 Å². The van der Waals surface area contributed by atoms with Gasteiger partial charge in [0.15, 0.2) is 6.61 Å². The first-order chi connectivity index (χ1) is 15.3. The van der Waals surface area contributed by atoms with Crippen molar-refractivity contribution in [3.05, 3.63) is 48.0 Å². The maximum Gasteiger partial charge on any atom is 0.573 e. The molecule has 0 aliphatic carbocycles. The Morgan fingerprint density at radius 1 is 1.09 bits per heavy atom. The van der Waals surface area contributed by atoms with Crippen molar-refractivity contribution >= 4 is 17.5 Å². The average Bonchev–Trinajstić information content (AvgIpc) is 2.77. The molecule has 10 heteroatoms. The number of rotatable bonds is 5. The van der Waals surface area contributed by atoms with Gasteiger partial charge in [-0.3, -0.25) is 9.59 Å². The largest absolute Gasteiger partial charge is 0.573 e. The molecular weight excluding hydrogens is 429 g/mol. The number of carbonyl (C=O) groups excluding carboxylic acids is 2. The van der Waals surface area contributed by atoms with Crippen LogP contribution in [0.25, 0.3) is 0 Å². The molecule has 2 heterocycles. The van der Waals surface area contributed by atoms with E-state index in [4.69, 9.17) is 9.47 Å². The van der Waals surface area contributed by atoms with Crippen LogP contribution in [0.5, 0.6) is 17.2 Å². The van der Waals surface area contributed by atoms with Crippen LogP contribution in [0.1, 0.15) is 23.2 Å². The van der Waals surface area contributed by atoms with Gasteiger partial charge in [0.25, 0.3) is 11.8 Å². The van der Waals surface area contributed by atoms with Gasteiger partial charge in [-0.25, -0.2) is 0 Å². The Labute approximate surface area is 182 Å². The molecule has 0 spiro atoms. The summed E-state index contributed by atoms with van der Waals surface area (Å²) >= 11 is 0. The summed E-state index contributed by atoms with van der Waals surface area (Å²) in [4.78, 5) is 26.1. The first-order valence-electron chi connectivity index (χ1n) is 10.1. The van der Waals surface area contributed by atoms with Gasteiger partial charge in [-0.2, -0.15) is 0 Å². The summed E-state index contributed by atoms with van der Waals surface area (Å²) in [5.74, 6) is 0.537. The van der Waals surface area contributed by atoms with E-state index >= 15 is 0 Å². The zero-order chi connectivity index (χ0) is 22.7. The number of piperidine rings is 1. The highest BCUT2D eigenvalue weighted by Gasteiger charge is 2.31. The number of nitrogens with one attached hydrogen (secondary N) is 1. The fourth-order valence-corrected chi connectivity index (χ4v) is 3.65. The van der Waals surface area contributed by atoms with Gasteiger partial charge in [0.05, 0.1) is 12.3 Å². The van der Waals surface area contributed by atoms with Crippen molar-refractivity contribution in [2.45, 2.75) is 19.2 Å². The molecule has 32 heavy (non-hydrogen) atoms. The molecule has 7 nitrogen and oxygen atoms in total. The zero-order valence-electron chi connectivity index (χ0n) is 17.0. The molecule has 2 aromatic rings. The quantitative estimate of drug-likeness (QED) is 0.749. The van der Waals surface area contributed by atoms with Crippen molar-refractivity contribution in [1.82, 2.24) is 4.90 Å². The van der Waals surface area contributed by atoms with Crippen molar-refractivity contribution in [3.8, 4) is 17.2 Å². The molecule has 0 aromatic heterocycles. The van der Waals surface area contributed by atoms with E-state index in [1.54, 1.807) is 23.1 Å². The van der Waals surface area contributed by atoms with Crippen LogP contribution < -0.4 is 19.5 Å².